The van der Waals surface area contributed by atoms with Crippen LogP contribution < -0.4 is 5.73 Å². The molecular formula is C11H14FN3O2. The summed E-state index contributed by atoms with van der Waals surface area (Å²) in [7, 11) is 1.59. The van der Waals surface area contributed by atoms with Gasteiger partial charge in [-0.25, -0.2) is 4.39 Å². The fourth-order valence-electron chi connectivity index (χ4n) is 1.28. The average molecular weight is 239 g/mol. The molecule has 0 aliphatic rings. The van der Waals surface area contributed by atoms with Crippen molar-refractivity contribution in [3.63, 3.8) is 0 Å². The Balaban J connectivity index is 2.57. The van der Waals surface area contributed by atoms with Crippen LogP contribution in [0.25, 0.3) is 0 Å². The fraction of sp³-hybridized carbons (Fsp3) is 0.273. The van der Waals surface area contributed by atoms with Crippen LogP contribution in [0, 0.1) is 5.82 Å². The highest BCUT2D eigenvalue weighted by atomic mass is 19.1. The van der Waals surface area contributed by atoms with E-state index >= 15 is 0 Å². The monoisotopic (exact) mass is 239 g/mol. The maximum atomic E-state index is 12.7. The number of amides is 1. The smallest absolute Gasteiger partial charge is 0.230 e. The maximum absolute atomic E-state index is 12.7. The van der Waals surface area contributed by atoms with Gasteiger partial charge in [-0.3, -0.25) is 4.79 Å². The van der Waals surface area contributed by atoms with Crippen LogP contribution in [0.4, 0.5) is 4.39 Å². The lowest BCUT2D eigenvalue weighted by Gasteiger charge is -2.16. The number of nitrogens with zero attached hydrogens (tertiary/aromatic N) is 2. The van der Waals surface area contributed by atoms with Crippen molar-refractivity contribution in [2.75, 3.05) is 7.05 Å². The fourth-order valence-corrected chi connectivity index (χ4v) is 1.28. The van der Waals surface area contributed by atoms with Crippen LogP contribution in [0.15, 0.2) is 29.4 Å². The molecule has 5 nitrogen and oxygen atoms in total. The Bertz CT molecular complexity index is 417. The number of hydrogen-bond donors (Lipinski definition) is 2. The first kappa shape index (κ1) is 13.0. The molecule has 0 aliphatic carbocycles. The molecule has 0 saturated heterocycles. The summed E-state index contributed by atoms with van der Waals surface area (Å²) < 4.78 is 12.7. The van der Waals surface area contributed by atoms with Crippen molar-refractivity contribution in [2.24, 2.45) is 10.9 Å². The van der Waals surface area contributed by atoms with Gasteiger partial charge in [0.25, 0.3) is 0 Å². The Morgan fingerprint density at radius 2 is 2.06 bits per heavy atom. The van der Waals surface area contributed by atoms with Gasteiger partial charge in [-0.1, -0.05) is 17.3 Å². The third-order valence-corrected chi connectivity index (χ3v) is 2.22. The zero-order chi connectivity index (χ0) is 12.8. The van der Waals surface area contributed by atoms with E-state index in [1.54, 1.807) is 19.2 Å². The van der Waals surface area contributed by atoms with Crippen molar-refractivity contribution in [3.05, 3.63) is 35.6 Å². The molecule has 0 heterocycles. The molecule has 1 rings (SSSR count). The number of nitrogens with two attached hydrogens (primary N) is 1. The molecule has 17 heavy (non-hydrogen) atoms. The lowest BCUT2D eigenvalue weighted by molar-refractivity contribution is -0.129. The van der Waals surface area contributed by atoms with E-state index in [1.807, 2.05) is 0 Å². The van der Waals surface area contributed by atoms with Gasteiger partial charge in [0.05, 0.1) is 6.42 Å². The molecule has 0 fully saturated rings. The number of halogens is 1. The largest absolute Gasteiger partial charge is 0.409 e. The zero-order valence-electron chi connectivity index (χ0n) is 9.43. The molecule has 92 valence electrons. The van der Waals surface area contributed by atoms with Crippen molar-refractivity contribution in [1.29, 1.82) is 0 Å². The minimum absolute atomic E-state index is 0.138. The molecule has 0 aromatic heterocycles. The zero-order valence-corrected chi connectivity index (χ0v) is 9.43. The number of carbonyl (C=O) groups is 1. The molecular weight excluding hydrogens is 225 g/mol. The van der Waals surface area contributed by atoms with E-state index in [1.165, 1.54) is 17.0 Å². The predicted molar refractivity (Wildman–Crippen MR) is 60.9 cm³/mol. The summed E-state index contributed by atoms with van der Waals surface area (Å²) in [6.45, 7) is 0.345. The van der Waals surface area contributed by atoms with Crippen LogP contribution in [-0.2, 0) is 11.3 Å². The first-order valence-corrected chi connectivity index (χ1v) is 4.97. The molecule has 0 radical (unpaired) electrons. The molecule has 0 atom stereocenters. The Morgan fingerprint density at radius 1 is 1.47 bits per heavy atom. The van der Waals surface area contributed by atoms with Gasteiger partial charge in [-0.2, -0.15) is 0 Å². The average Bonchev–Trinajstić information content (AvgIpc) is 2.31. The van der Waals surface area contributed by atoms with Gasteiger partial charge in [-0.15, -0.1) is 0 Å². The lowest BCUT2D eigenvalue weighted by Crippen LogP contribution is -2.30. The number of rotatable bonds is 4. The van der Waals surface area contributed by atoms with Gasteiger partial charge in [0.1, 0.15) is 11.7 Å². The predicted octanol–water partition coefficient (Wildman–Crippen LogP) is 0.921. The normalized spacial score (nSPS) is 11.3. The van der Waals surface area contributed by atoms with Gasteiger partial charge in [0, 0.05) is 13.6 Å². The lowest BCUT2D eigenvalue weighted by atomic mass is 10.2. The molecule has 6 heteroatoms. The highest BCUT2D eigenvalue weighted by Gasteiger charge is 2.11. The van der Waals surface area contributed by atoms with E-state index in [2.05, 4.69) is 5.16 Å². The van der Waals surface area contributed by atoms with E-state index in [0.29, 0.717) is 6.54 Å². The Hall–Kier alpha value is -2.11. The van der Waals surface area contributed by atoms with Crippen LogP contribution in [0.2, 0.25) is 0 Å². The van der Waals surface area contributed by atoms with Gasteiger partial charge >= 0.3 is 0 Å². The summed E-state index contributed by atoms with van der Waals surface area (Å²) in [5.74, 6) is -0.732. The number of carbonyl (C=O) groups excluding carboxylic acids is 1. The van der Waals surface area contributed by atoms with E-state index < -0.39 is 0 Å². The summed E-state index contributed by atoms with van der Waals surface area (Å²) >= 11 is 0. The van der Waals surface area contributed by atoms with Gasteiger partial charge in [0.2, 0.25) is 5.91 Å². The summed E-state index contributed by atoms with van der Waals surface area (Å²) in [5, 5.41) is 11.1. The third-order valence-electron chi connectivity index (χ3n) is 2.22. The second-order valence-electron chi connectivity index (χ2n) is 3.64. The second kappa shape index (κ2) is 5.83. The summed E-state index contributed by atoms with van der Waals surface area (Å²) in [5.41, 5.74) is 6.04. The molecule has 0 spiro atoms. The van der Waals surface area contributed by atoms with Crippen LogP contribution in [-0.4, -0.2) is 28.9 Å². The van der Waals surface area contributed by atoms with Crippen LogP contribution >= 0.6 is 0 Å². The van der Waals surface area contributed by atoms with E-state index in [0.717, 1.165) is 5.56 Å². The van der Waals surface area contributed by atoms with E-state index in [-0.39, 0.29) is 24.0 Å². The van der Waals surface area contributed by atoms with Crippen molar-refractivity contribution in [3.8, 4) is 0 Å². The van der Waals surface area contributed by atoms with Crippen LogP contribution in [0.1, 0.15) is 12.0 Å². The number of hydrogen-bond acceptors (Lipinski definition) is 3. The maximum Gasteiger partial charge on any atom is 0.230 e. The number of benzene rings is 1. The molecule has 1 aromatic rings. The standard InChI is InChI=1S/C11H14FN3O2/c1-15(11(16)6-10(13)14-17)7-8-2-4-9(12)5-3-8/h2-5,17H,6-7H2,1H3,(H2,13,14). The van der Waals surface area contributed by atoms with Crippen LogP contribution in [0.3, 0.4) is 0 Å². The Kier molecular flexibility index (Phi) is 4.45. The van der Waals surface area contributed by atoms with Gasteiger partial charge in [-0.05, 0) is 17.7 Å². The van der Waals surface area contributed by atoms with Crippen molar-refractivity contribution >= 4 is 11.7 Å². The summed E-state index contributed by atoms with van der Waals surface area (Å²) in [4.78, 5) is 13.0. The van der Waals surface area contributed by atoms with E-state index in [4.69, 9.17) is 10.9 Å². The van der Waals surface area contributed by atoms with Crippen LogP contribution in [0.5, 0.6) is 0 Å². The number of oxime groups is 1. The first-order valence-electron chi connectivity index (χ1n) is 4.97. The quantitative estimate of drug-likeness (QED) is 0.355. The minimum atomic E-state index is -0.320. The molecule has 0 saturated carbocycles. The van der Waals surface area contributed by atoms with E-state index in [9.17, 15) is 9.18 Å². The minimum Gasteiger partial charge on any atom is -0.409 e. The molecule has 1 amide bonds. The van der Waals surface area contributed by atoms with Gasteiger partial charge < -0.3 is 15.8 Å². The second-order valence-corrected chi connectivity index (χ2v) is 3.64. The third kappa shape index (κ3) is 4.10. The van der Waals surface area contributed by atoms with Gasteiger partial charge in [0.15, 0.2) is 0 Å². The molecule has 1 aromatic carbocycles. The topological polar surface area (TPSA) is 78.9 Å². The number of amidine groups is 1. The Morgan fingerprint density at radius 3 is 2.59 bits per heavy atom. The molecule has 3 N–H and O–H groups in total. The van der Waals surface area contributed by atoms with Crippen molar-refractivity contribution in [1.82, 2.24) is 4.90 Å². The summed E-state index contributed by atoms with van der Waals surface area (Å²) in [6.07, 6.45) is -0.145. The van der Waals surface area contributed by atoms with Crippen molar-refractivity contribution in [2.45, 2.75) is 13.0 Å². The molecule has 0 aliphatic heterocycles. The first-order chi connectivity index (χ1) is 8.02. The molecule has 0 bridgehead atoms. The van der Waals surface area contributed by atoms with Crippen molar-refractivity contribution < 1.29 is 14.4 Å². The summed E-state index contributed by atoms with van der Waals surface area (Å²) in [6, 6.07) is 5.86. The highest BCUT2D eigenvalue weighted by Crippen LogP contribution is 2.06. The SMILES string of the molecule is CN(Cc1ccc(F)cc1)C(=O)CC(N)=NO. The highest BCUT2D eigenvalue weighted by molar-refractivity contribution is 5.98. The molecule has 0 unspecified atom stereocenters. The Labute approximate surface area is 98.3 Å².